The van der Waals surface area contributed by atoms with E-state index in [0.717, 1.165) is 23.6 Å². The molecule has 0 radical (unpaired) electrons. The Morgan fingerprint density at radius 3 is 2.83 bits per heavy atom. The van der Waals surface area contributed by atoms with Gasteiger partial charge < -0.3 is 9.64 Å². The van der Waals surface area contributed by atoms with Crippen LogP contribution in [0.4, 0.5) is 0 Å². The third kappa shape index (κ3) is 4.29. The van der Waals surface area contributed by atoms with Gasteiger partial charge in [-0.1, -0.05) is 26.0 Å². The Kier molecular flexibility index (Phi) is 5.69. The molecule has 30 heavy (non-hydrogen) atoms. The fourth-order valence-corrected chi connectivity index (χ4v) is 3.62. The molecular weight excluding hydrogens is 386 g/mol. The van der Waals surface area contributed by atoms with Gasteiger partial charge in [0.2, 0.25) is 5.69 Å². The molecule has 1 saturated heterocycles. The first-order valence-electron chi connectivity index (χ1n) is 10.1. The summed E-state index contributed by atoms with van der Waals surface area (Å²) in [6, 6.07) is 10.2. The summed E-state index contributed by atoms with van der Waals surface area (Å²) >= 11 is 0. The van der Waals surface area contributed by atoms with Crippen molar-refractivity contribution in [3.63, 3.8) is 0 Å². The maximum Gasteiger partial charge on any atom is 0.313 e. The first-order chi connectivity index (χ1) is 14.5. The minimum atomic E-state index is -0.607. The van der Waals surface area contributed by atoms with E-state index in [1.165, 1.54) is 5.56 Å². The van der Waals surface area contributed by atoms with Gasteiger partial charge in [0, 0.05) is 31.1 Å². The van der Waals surface area contributed by atoms with Crippen LogP contribution in [0.3, 0.4) is 0 Å². The number of aromatic nitrogens is 4. The number of hydrogen-bond acceptors (Lipinski definition) is 6. The number of nitrogens with zero attached hydrogens (tertiary/aromatic N) is 3. The van der Waals surface area contributed by atoms with Crippen molar-refractivity contribution >= 4 is 5.91 Å². The fraction of sp³-hybridized carbons (Fsp3) is 0.429. The number of carbonyl (C=O) groups is 1. The predicted molar refractivity (Wildman–Crippen MR) is 109 cm³/mol. The maximum atomic E-state index is 12.4. The van der Waals surface area contributed by atoms with Crippen molar-refractivity contribution in [2.45, 2.75) is 38.5 Å². The molecule has 1 atom stereocenters. The van der Waals surface area contributed by atoms with Gasteiger partial charge in [-0.2, -0.15) is 10.3 Å². The lowest BCUT2D eigenvalue weighted by molar-refractivity contribution is 0.0778. The Morgan fingerprint density at radius 1 is 1.33 bits per heavy atom. The van der Waals surface area contributed by atoms with Crippen molar-refractivity contribution < 1.29 is 14.2 Å². The Balaban J connectivity index is 1.28. The van der Waals surface area contributed by atoms with E-state index in [0.29, 0.717) is 32.0 Å². The van der Waals surface area contributed by atoms with E-state index < -0.39 is 11.5 Å². The molecule has 0 spiro atoms. The van der Waals surface area contributed by atoms with Crippen LogP contribution in [0.5, 0.6) is 5.75 Å². The molecule has 4 rings (SSSR count). The minimum absolute atomic E-state index is 0.120. The number of aromatic amines is 2. The third-order valence-corrected chi connectivity index (χ3v) is 5.42. The number of H-pyrrole nitrogens is 2. The third-order valence-electron chi connectivity index (χ3n) is 5.42. The van der Waals surface area contributed by atoms with E-state index in [2.05, 4.69) is 46.0 Å². The first-order valence-corrected chi connectivity index (χ1v) is 10.1. The molecule has 1 aliphatic heterocycles. The lowest BCUT2D eigenvalue weighted by atomic mass is 10.0. The SMILES string of the molecule is CC(C)c1ccc(OCCc2cc([C@@H]3CCN(C(=O)c4no[nH]c4=O)C3)n[nH]2)cc1. The van der Waals surface area contributed by atoms with E-state index in [4.69, 9.17) is 4.74 Å². The molecule has 3 heterocycles. The predicted octanol–water partition coefficient (Wildman–Crippen LogP) is 2.46. The number of nitrogens with one attached hydrogen (secondary N) is 2. The number of likely N-dealkylation sites (tertiary alicyclic amines) is 1. The molecule has 0 saturated carbocycles. The summed E-state index contributed by atoms with van der Waals surface area (Å²) in [5, 5.41) is 13.0. The van der Waals surface area contributed by atoms with Crippen LogP contribution < -0.4 is 10.3 Å². The van der Waals surface area contributed by atoms with E-state index in [1.54, 1.807) is 4.90 Å². The molecule has 1 amide bonds. The highest BCUT2D eigenvalue weighted by molar-refractivity contribution is 5.91. The number of hydrogen-bond donors (Lipinski definition) is 2. The van der Waals surface area contributed by atoms with Crippen molar-refractivity contribution in [3.05, 3.63) is 63.3 Å². The van der Waals surface area contributed by atoms with Gasteiger partial charge in [0.1, 0.15) is 5.75 Å². The van der Waals surface area contributed by atoms with Gasteiger partial charge in [-0.3, -0.25) is 19.3 Å². The number of carbonyl (C=O) groups excluding carboxylic acids is 1. The quantitative estimate of drug-likeness (QED) is 0.617. The second kappa shape index (κ2) is 8.56. The zero-order valence-electron chi connectivity index (χ0n) is 17.1. The molecule has 0 unspecified atom stereocenters. The Labute approximate surface area is 173 Å². The number of rotatable bonds is 7. The second-order valence-corrected chi connectivity index (χ2v) is 7.84. The fourth-order valence-electron chi connectivity index (χ4n) is 3.62. The highest BCUT2D eigenvalue weighted by atomic mass is 16.6. The van der Waals surface area contributed by atoms with Gasteiger partial charge >= 0.3 is 5.56 Å². The molecule has 3 aromatic rings. The van der Waals surface area contributed by atoms with Gasteiger partial charge in [-0.15, -0.1) is 0 Å². The van der Waals surface area contributed by atoms with Crippen molar-refractivity contribution in [1.82, 2.24) is 25.4 Å². The van der Waals surface area contributed by atoms with Crippen molar-refractivity contribution in [2.24, 2.45) is 0 Å². The highest BCUT2D eigenvalue weighted by Gasteiger charge is 2.32. The van der Waals surface area contributed by atoms with Crippen molar-refractivity contribution in [2.75, 3.05) is 19.7 Å². The van der Waals surface area contributed by atoms with Crippen LogP contribution in [0.1, 0.15) is 59.5 Å². The summed E-state index contributed by atoms with van der Waals surface area (Å²) < 4.78 is 10.3. The number of ether oxygens (including phenoxy) is 1. The molecule has 2 aromatic heterocycles. The lowest BCUT2D eigenvalue weighted by Gasteiger charge is -2.13. The second-order valence-electron chi connectivity index (χ2n) is 7.84. The first kappa shape index (κ1) is 19.9. The standard InChI is InChI=1S/C21H25N5O4/c1-13(2)14-3-5-17(6-4-14)29-10-8-16-11-18(23-22-16)15-7-9-26(12-15)21(28)19-20(27)25-30-24-19/h3-6,11,13,15H,7-10,12H2,1-2H3,(H,22,23)(H,25,27)/t15-/m1/s1. The molecule has 2 N–H and O–H groups in total. The largest absolute Gasteiger partial charge is 0.493 e. The number of benzene rings is 1. The van der Waals surface area contributed by atoms with Gasteiger partial charge in [0.25, 0.3) is 5.91 Å². The Morgan fingerprint density at radius 2 is 2.13 bits per heavy atom. The average Bonchev–Trinajstić information content (AvgIpc) is 3.48. The Hall–Kier alpha value is -3.36. The maximum absolute atomic E-state index is 12.4. The van der Waals surface area contributed by atoms with E-state index in [1.807, 2.05) is 23.4 Å². The minimum Gasteiger partial charge on any atom is -0.493 e. The lowest BCUT2D eigenvalue weighted by Crippen LogP contribution is -2.32. The van der Waals surface area contributed by atoms with Crippen LogP contribution in [0.2, 0.25) is 0 Å². The Bertz CT molecular complexity index is 1050. The van der Waals surface area contributed by atoms with Crippen molar-refractivity contribution in [3.8, 4) is 5.75 Å². The molecule has 9 nitrogen and oxygen atoms in total. The van der Waals surface area contributed by atoms with Gasteiger partial charge in [0.05, 0.1) is 12.3 Å². The smallest absolute Gasteiger partial charge is 0.313 e. The zero-order chi connectivity index (χ0) is 21.1. The molecule has 1 aromatic carbocycles. The van der Waals surface area contributed by atoms with Crippen LogP contribution in [0.15, 0.2) is 39.8 Å². The van der Waals surface area contributed by atoms with Gasteiger partial charge in [0.15, 0.2) is 0 Å². The topological polar surface area (TPSA) is 117 Å². The van der Waals surface area contributed by atoms with Crippen molar-refractivity contribution in [1.29, 1.82) is 0 Å². The highest BCUT2D eigenvalue weighted by Crippen LogP contribution is 2.27. The van der Waals surface area contributed by atoms with E-state index in [-0.39, 0.29) is 11.6 Å². The molecule has 1 aliphatic rings. The van der Waals surface area contributed by atoms with Crippen LogP contribution in [0, 0.1) is 0 Å². The monoisotopic (exact) mass is 411 g/mol. The molecule has 0 bridgehead atoms. The van der Waals surface area contributed by atoms with Crippen LogP contribution in [0.25, 0.3) is 0 Å². The van der Waals surface area contributed by atoms with E-state index >= 15 is 0 Å². The zero-order valence-corrected chi connectivity index (χ0v) is 17.1. The molecule has 0 aliphatic carbocycles. The van der Waals surface area contributed by atoms with Crippen LogP contribution >= 0.6 is 0 Å². The summed E-state index contributed by atoms with van der Waals surface area (Å²) in [6.45, 7) is 5.92. The van der Waals surface area contributed by atoms with Crippen LogP contribution in [-0.2, 0) is 6.42 Å². The molecule has 158 valence electrons. The normalized spacial score (nSPS) is 16.4. The van der Waals surface area contributed by atoms with Gasteiger partial charge in [-0.25, -0.2) is 0 Å². The number of amides is 1. The summed E-state index contributed by atoms with van der Waals surface area (Å²) in [7, 11) is 0. The van der Waals surface area contributed by atoms with Gasteiger partial charge in [-0.05, 0) is 41.3 Å². The summed E-state index contributed by atoms with van der Waals surface area (Å²) in [5.41, 5.74) is 2.37. The average molecular weight is 411 g/mol. The van der Waals surface area contributed by atoms with E-state index in [9.17, 15) is 9.59 Å². The molecule has 1 fully saturated rings. The summed E-state index contributed by atoms with van der Waals surface area (Å²) in [4.78, 5) is 25.5. The molecule has 9 heteroatoms. The molecular formula is C21H25N5O4. The summed E-state index contributed by atoms with van der Waals surface area (Å²) in [6.07, 6.45) is 1.49. The van der Waals surface area contributed by atoms with Crippen LogP contribution in [-0.4, -0.2) is 51.0 Å². The summed E-state index contributed by atoms with van der Waals surface area (Å²) in [5.74, 6) is 1.06.